The number of sulfonamides is 1. The zero-order valence-electron chi connectivity index (χ0n) is 11.9. The molecule has 0 aliphatic rings. The third-order valence-corrected chi connectivity index (χ3v) is 4.81. The van der Waals surface area contributed by atoms with E-state index in [4.69, 9.17) is 10.8 Å². The van der Waals surface area contributed by atoms with E-state index in [1.54, 1.807) is 6.92 Å². The van der Waals surface area contributed by atoms with E-state index in [-0.39, 0.29) is 22.7 Å². The third-order valence-electron chi connectivity index (χ3n) is 3.06. The molecule has 0 aromatic heterocycles. The molecule has 4 N–H and O–H groups in total. The maximum Gasteiger partial charge on any atom is 0.241 e. The van der Waals surface area contributed by atoms with E-state index in [0.717, 1.165) is 6.07 Å². The highest BCUT2D eigenvalue weighted by molar-refractivity contribution is 7.89. The number of nitrogen functional groups attached to an aromatic ring is 1. The van der Waals surface area contributed by atoms with Gasteiger partial charge in [-0.3, -0.25) is 0 Å². The van der Waals surface area contributed by atoms with Crippen LogP contribution in [0.5, 0.6) is 0 Å². The fourth-order valence-electron chi connectivity index (χ4n) is 2.02. The summed E-state index contributed by atoms with van der Waals surface area (Å²) in [4.78, 5) is 0.0217. The number of anilines is 1. The Hall–Kier alpha value is -1.18. The minimum Gasteiger partial charge on any atom is -0.396 e. The number of rotatable bonds is 6. The molecule has 0 amide bonds. The lowest BCUT2D eigenvalue weighted by Crippen LogP contribution is -2.27. The van der Waals surface area contributed by atoms with Gasteiger partial charge in [0.05, 0.1) is 16.7 Å². The number of hydrogen-bond donors (Lipinski definition) is 3. The molecule has 0 heterocycles. The topological polar surface area (TPSA) is 92.4 Å². The average molecular weight is 304 g/mol. The molecule has 0 aliphatic carbocycles. The van der Waals surface area contributed by atoms with Crippen molar-refractivity contribution in [1.82, 2.24) is 4.72 Å². The van der Waals surface area contributed by atoms with E-state index < -0.39 is 21.9 Å². The van der Waals surface area contributed by atoms with Crippen molar-refractivity contribution in [2.24, 2.45) is 0 Å². The minimum absolute atomic E-state index is 0.0217. The van der Waals surface area contributed by atoms with Crippen LogP contribution in [0.25, 0.3) is 0 Å². The van der Waals surface area contributed by atoms with Gasteiger partial charge in [-0.25, -0.2) is 17.5 Å². The van der Waals surface area contributed by atoms with Crippen molar-refractivity contribution in [1.29, 1.82) is 0 Å². The zero-order valence-corrected chi connectivity index (χ0v) is 12.7. The van der Waals surface area contributed by atoms with Gasteiger partial charge in [0.2, 0.25) is 10.0 Å². The number of halogens is 1. The number of nitrogens with one attached hydrogen (secondary N) is 1. The Morgan fingerprint density at radius 3 is 2.60 bits per heavy atom. The number of aliphatic hydroxyl groups excluding tert-OH is 1. The highest BCUT2D eigenvalue weighted by Crippen LogP contribution is 2.27. The molecule has 0 radical (unpaired) electrons. The van der Waals surface area contributed by atoms with Crippen molar-refractivity contribution in [3.8, 4) is 0 Å². The van der Waals surface area contributed by atoms with Gasteiger partial charge in [-0.15, -0.1) is 0 Å². The van der Waals surface area contributed by atoms with Gasteiger partial charge < -0.3 is 10.8 Å². The lowest BCUT2D eigenvalue weighted by atomic mass is 10.1. The highest BCUT2D eigenvalue weighted by atomic mass is 32.2. The Morgan fingerprint density at radius 1 is 1.45 bits per heavy atom. The van der Waals surface area contributed by atoms with Crippen molar-refractivity contribution in [3.05, 3.63) is 23.0 Å². The second-order valence-corrected chi connectivity index (χ2v) is 6.64. The second kappa shape index (κ2) is 6.51. The van der Waals surface area contributed by atoms with Crippen LogP contribution in [-0.4, -0.2) is 26.2 Å². The maximum atomic E-state index is 13.4. The summed E-state index contributed by atoms with van der Waals surface area (Å²) in [5.41, 5.74) is 5.92. The molecule has 1 unspecified atom stereocenters. The summed E-state index contributed by atoms with van der Waals surface area (Å²) in [6.07, 6.45) is 0.557. The molecule has 0 aliphatic heterocycles. The first-order valence-corrected chi connectivity index (χ1v) is 7.88. The Kier molecular flexibility index (Phi) is 5.50. The fraction of sp³-hybridized carbons (Fsp3) is 0.538. The number of aliphatic hydroxyl groups is 1. The van der Waals surface area contributed by atoms with Crippen LogP contribution in [-0.2, 0) is 10.0 Å². The highest BCUT2D eigenvalue weighted by Gasteiger charge is 2.22. The van der Waals surface area contributed by atoms with Crippen LogP contribution < -0.4 is 10.5 Å². The molecule has 0 saturated heterocycles. The summed E-state index contributed by atoms with van der Waals surface area (Å²) in [6, 6.07) is 1.12. The molecule has 20 heavy (non-hydrogen) atoms. The quantitative estimate of drug-likeness (QED) is 0.548. The standard InChI is InChI=1S/C13H21FN2O3S/c1-8-7-11(14)12(15)10(3)13(8)20(18,19)16-6-4-5-9(2)17/h7,9,16-17H,4-6,15H2,1-3H3. The predicted octanol–water partition coefficient (Wildman–Crippen LogP) is 1.46. The largest absolute Gasteiger partial charge is 0.396 e. The molecule has 1 rings (SSSR count). The van der Waals surface area contributed by atoms with Crippen LogP contribution in [0.2, 0.25) is 0 Å². The summed E-state index contributed by atoms with van der Waals surface area (Å²) < 4.78 is 40.3. The summed E-state index contributed by atoms with van der Waals surface area (Å²) >= 11 is 0. The van der Waals surface area contributed by atoms with E-state index in [9.17, 15) is 12.8 Å². The van der Waals surface area contributed by atoms with Crippen molar-refractivity contribution >= 4 is 15.7 Å². The van der Waals surface area contributed by atoms with Crippen LogP contribution in [0.3, 0.4) is 0 Å². The van der Waals surface area contributed by atoms with E-state index >= 15 is 0 Å². The second-order valence-electron chi connectivity index (χ2n) is 4.93. The summed E-state index contributed by atoms with van der Waals surface area (Å²) in [7, 11) is -3.74. The number of benzene rings is 1. The molecule has 5 nitrogen and oxygen atoms in total. The molecule has 0 saturated carbocycles. The van der Waals surface area contributed by atoms with Gasteiger partial charge in [0.15, 0.2) is 0 Å². The summed E-state index contributed by atoms with van der Waals surface area (Å²) in [6.45, 7) is 4.86. The molecule has 1 aromatic carbocycles. The van der Waals surface area contributed by atoms with Gasteiger partial charge in [-0.05, 0) is 50.8 Å². The van der Waals surface area contributed by atoms with Gasteiger partial charge >= 0.3 is 0 Å². The van der Waals surface area contributed by atoms with E-state index in [2.05, 4.69) is 4.72 Å². The van der Waals surface area contributed by atoms with E-state index in [1.165, 1.54) is 13.8 Å². The number of aryl methyl sites for hydroxylation is 1. The van der Waals surface area contributed by atoms with E-state index in [1.807, 2.05) is 0 Å². The first-order chi connectivity index (χ1) is 9.16. The Labute approximate surface area is 119 Å². The molecule has 1 aromatic rings. The molecule has 1 atom stereocenters. The van der Waals surface area contributed by atoms with Gasteiger partial charge in [-0.1, -0.05) is 0 Å². The minimum atomic E-state index is -3.74. The van der Waals surface area contributed by atoms with Crippen molar-refractivity contribution in [3.63, 3.8) is 0 Å². The number of hydrogen-bond acceptors (Lipinski definition) is 4. The molecular formula is C13H21FN2O3S. The number of nitrogens with two attached hydrogens (primary N) is 1. The zero-order chi connectivity index (χ0) is 15.5. The van der Waals surface area contributed by atoms with E-state index in [0.29, 0.717) is 18.4 Å². The summed E-state index contributed by atoms with van der Waals surface area (Å²) in [5.74, 6) is -0.618. The van der Waals surface area contributed by atoms with Crippen LogP contribution >= 0.6 is 0 Å². The Morgan fingerprint density at radius 2 is 2.05 bits per heavy atom. The first kappa shape index (κ1) is 16.9. The van der Waals surface area contributed by atoms with Crippen LogP contribution in [0.4, 0.5) is 10.1 Å². The van der Waals surface area contributed by atoms with Gasteiger partial charge in [0.25, 0.3) is 0 Å². The van der Waals surface area contributed by atoms with Gasteiger partial charge in [0.1, 0.15) is 5.82 Å². The molecule has 0 bridgehead atoms. The Bertz CT molecular complexity index is 586. The van der Waals surface area contributed by atoms with Crippen molar-refractivity contribution in [2.75, 3.05) is 12.3 Å². The molecule has 114 valence electrons. The average Bonchev–Trinajstić information content (AvgIpc) is 2.31. The molecule has 0 fully saturated rings. The third kappa shape index (κ3) is 3.91. The molecule has 7 heteroatoms. The molecular weight excluding hydrogens is 283 g/mol. The van der Waals surface area contributed by atoms with Crippen molar-refractivity contribution < 1.29 is 17.9 Å². The SMILES string of the molecule is Cc1cc(F)c(N)c(C)c1S(=O)(=O)NCCCC(C)O. The van der Waals surface area contributed by atoms with Crippen molar-refractivity contribution in [2.45, 2.75) is 44.6 Å². The lowest BCUT2D eigenvalue weighted by Gasteiger charge is -2.14. The van der Waals surface area contributed by atoms with Crippen LogP contribution in [0.15, 0.2) is 11.0 Å². The first-order valence-electron chi connectivity index (χ1n) is 6.39. The monoisotopic (exact) mass is 304 g/mol. The maximum absolute atomic E-state index is 13.4. The predicted molar refractivity (Wildman–Crippen MR) is 76.4 cm³/mol. The smallest absolute Gasteiger partial charge is 0.241 e. The van der Waals surface area contributed by atoms with Gasteiger partial charge in [-0.2, -0.15) is 0 Å². The van der Waals surface area contributed by atoms with Crippen LogP contribution in [0.1, 0.15) is 30.9 Å². The normalized spacial score (nSPS) is 13.4. The summed E-state index contributed by atoms with van der Waals surface area (Å²) in [5, 5.41) is 9.12. The molecule has 0 spiro atoms. The lowest BCUT2D eigenvalue weighted by molar-refractivity contribution is 0.182. The van der Waals surface area contributed by atoms with Crippen LogP contribution in [0, 0.1) is 19.7 Å². The van der Waals surface area contributed by atoms with Gasteiger partial charge in [0, 0.05) is 6.54 Å². The fourth-order valence-corrected chi connectivity index (χ4v) is 3.57. The Balaban J connectivity index is 2.96.